The third kappa shape index (κ3) is 4.30. The number of ether oxygens (including phenoxy) is 1. The third-order valence-corrected chi connectivity index (χ3v) is 5.30. The van der Waals surface area contributed by atoms with Crippen molar-refractivity contribution in [3.05, 3.63) is 59.7 Å². The highest BCUT2D eigenvalue weighted by Crippen LogP contribution is 2.32. The van der Waals surface area contributed by atoms with Crippen LogP contribution >= 0.6 is 0 Å². The van der Waals surface area contributed by atoms with Gasteiger partial charge in [-0.25, -0.2) is 17.5 Å². The van der Waals surface area contributed by atoms with E-state index in [9.17, 15) is 12.8 Å². The van der Waals surface area contributed by atoms with Gasteiger partial charge < -0.3 is 4.74 Å². The number of hydrogen-bond acceptors (Lipinski definition) is 4. The molecule has 1 unspecified atom stereocenters. The Balaban J connectivity index is 1.73. The highest BCUT2D eigenvalue weighted by molar-refractivity contribution is 7.89. The second-order valence-corrected chi connectivity index (χ2v) is 7.61. The molecule has 128 valence electrons. The van der Waals surface area contributed by atoms with Gasteiger partial charge >= 0.3 is 0 Å². The van der Waals surface area contributed by atoms with Crippen LogP contribution in [0.3, 0.4) is 0 Å². The monoisotopic (exact) mass is 350 g/mol. The number of hydrogen-bond donors (Lipinski definition) is 1. The van der Waals surface area contributed by atoms with E-state index in [4.69, 9.17) is 4.74 Å². The number of benzene rings is 1. The Hall–Kier alpha value is -1.99. The lowest BCUT2D eigenvalue weighted by Crippen LogP contribution is -2.31. The van der Waals surface area contributed by atoms with E-state index in [1.165, 1.54) is 12.1 Å². The van der Waals surface area contributed by atoms with Crippen LogP contribution < -0.4 is 9.46 Å². The van der Waals surface area contributed by atoms with Crippen LogP contribution in [-0.4, -0.2) is 25.8 Å². The number of nitrogens with zero attached hydrogens (tertiary/aromatic N) is 1. The van der Waals surface area contributed by atoms with Crippen molar-refractivity contribution in [2.24, 2.45) is 0 Å². The van der Waals surface area contributed by atoms with Crippen molar-refractivity contribution in [3.8, 4) is 5.75 Å². The van der Waals surface area contributed by atoms with Crippen molar-refractivity contribution < 1.29 is 17.5 Å². The average molecular weight is 350 g/mol. The average Bonchev–Trinajstić information content (AvgIpc) is 2.76. The minimum Gasteiger partial charge on any atom is -0.493 e. The predicted molar refractivity (Wildman–Crippen MR) is 88.7 cm³/mol. The maximum Gasteiger partial charge on any atom is 0.212 e. The molecule has 1 aliphatic rings. The first-order valence-electron chi connectivity index (χ1n) is 7.86. The molecule has 0 aliphatic carbocycles. The normalized spacial score (nSPS) is 17.6. The van der Waals surface area contributed by atoms with E-state index in [0.29, 0.717) is 37.2 Å². The molecule has 24 heavy (non-hydrogen) atoms. The number of fused-ring (bicyclic) bond motifs is 1. The second kappa shape index (κ2) is 7.27. The van der Waals surface area contributed by atoms with Crippen LogP contribution in [-0.2, 0) is 16.4 Å². The minimum absolute atomic E-state index is 0.0635. The second-order valence-electron chi connectivity index (χ2n) is 5.73. The van der Waals surface area contributed by atoms with Crippen LogP contribution in [0.5, 0.6) is 5.75 Å². The molecule has 0 saturated carbocycles. The van der Waals surface area contributed by atoms with Crippen molar-refractivity contribution >= 4 is 10.0 Å². The number of pyridine rings is 1. The number of aryl methyl sites for hydroxylation is 1. The quantitative estimate of drug-likeness (QED) is 0.900. The lowest BCUT2D eigenvalue weighted by atomic mass is 10.0. The number of rotatable bonds is 5. The van der Waals surface area contributed by atoms with Gasteiger partial charge in [0.2, 0.25) is 10.0 Å². The Labute approximate surface area is 140 Å². The van der Waals surface area contributed by atoms with Gasteiger partial charge in [-0.1, -0.05) is 6.07 Å². The summed E-state index contributed by atoms with van der Waals surface area (Å²) in [6.45, 7) is 0.491. The van der Waals surface area contributed by atoms with Crippen LogP contribution in [0.4, 0.5) is 4.39 Å². The molecule has 2 aromatic rings. The summed E-state index contributed by atoms with van der Waals surface area (Å²) in [6, 6.07) is 9.12. The molecule has 0 saturated heterocycles. The zero-order valence-electron chi connectivity index (χ0n) is 13.1. The molecule has 2 heterocycles. The maximum atomic E-state index is 13.6. The molecule has 0 radical (unpaired) electrons. The van der Waals surface area contributed by atoms with Gasteiger partial charge in [-0.3, -0.25) is 4.98 Å². The van der Waals surface area contributed by atoms with Gasteiger partial charge in [0, 0.05) is 23.9 Å². The number of sulfonamides is 1. The topological polar surface area (TPSA) is 68.3 Å². The molecule has 7 heteroatoms. The van der Waals surface area contributed by atoms with E-state index >= 15 is 0 Å². The van der Waals surface area contributed by atoms with Gasteiger partial charge in [0.15, 0.2) is 0 Å². The predicted octanol–water partition coefficient (Wildman–Crippen LogP) is 2.60. The molecular weight excluding hydrogens is 331 g/mol. The van der Waals surface area contributed by atoms with Crippen LogP contribution in [0.15, 0.2) is 42.6 Å². The molecule has 5 nitrogen and oxygen atoms in total. The van der Waals surface area contributed by atoms with Crippen molar-refractivity contribution in [3.63, 3.8) is 0 Å². The van der Waals surface area contributed by atoms with Crippen LogP contribution in [0.1, 0.15) is 30.1 Å². The summed E-state index contributed by atoms with van der Waals surface area (Å²) in [5, 5.41) is 0. The van der Waals surface area contributed by atoms with E-state index in [0.717, 1.165) is 5.69 Å². The summed E-state index contributed by atoms with van der Waals surface area (Å²) in [5.74, 6) is 0.0645. The Morgan fingerprint density at radius 2 is 2.17 bits per heavy atom. The number of halogens is 1. The van der Waals surface area contributed by atoms with E-state index in [-0.39, 0.29) is 5.75 Å². The third-order valence-electron chi connectivity index (χ3n) is 3.92. The van der Waals surface area contributed by atoms with Crippen LogP contribution in [0.2, 0.25) is 0 Å². The fourth-order valence-electron chi connectivity index (χ4n) is 2.73. The largest absolute Gasteiger partial charge is 0.493 e. The molecule has 0 bridgehead atoms. The zero-order chi connectivity index (χ0) is 17.0. The Kier molecular flexibility index (Phi) is 5.11. The van der Waals surface area contributed by atoms with Crippen molar-refractivity contribution in [2.75, 3.05) is 12.4 Å². The van der Waals surface area contributed by atoms with E-state index in [1.54, 1.807) is 24.4 Å². The van der Waals surface area contributed by atoms with E-state index in [2.05, 4.69) is 9.71 Å². The molecule has 1 aliphatic heterocycles. The highest BCUT2D eigenvalue weighted by Gasteiger charge is 2.25. The molecule has 1 aromatic carbocycles. The van der Waals surface area contributed by atoms with Crippen LogP contribution in [0, 0.1) is 5.82 Å². The van der Waals surface area contributed by atoms with Gasteiger partial charge in [0.25, 0.3) is 0 Å². The van der Waals surface area contributed by atoms with Gasteiger partial charge in [0.05, 0.1) is 18.4 Å². The molecule has 1 N–H and O–H groups in total. The minimum atomic E-state index is -3.52. The molecule has 1 atom stereocenters. The van der Waals surface area contributed by atoms with E-state index in [1.807, 2.05) is 6.07 Å². The first-order chi connectivity index (χ1) is 11.5. The fourth-order valence-corrected chi connectivity index (χ4v) is 4.01. The molecule has 0 spiro atoms. The van der Waals surface area contributed by atoms with Gasteiger partial charge in [-0.2, -0.15) is 0 Å². The maximum absolute atomic E-state index is 13.6. The summed E-state index contributed by atoms with van der Waals surface area (Å²) in [7, 11) is -3.52. The molecule has 0 amide bonds. The summed E-state index contributed by atoms with van der Waals surface area (Å²) in [4.78, 5) is 4.13. The van der Waals surface area contributed by atoms with Crippen LogP contribution in [0.25, 0.3) is 0 Å². The summed E-state index contributed by atoms with van der Waals surface area (Å²) < 4.78 is 46.6. The first kappa shape index (κ1) is 16.9. The number of nitrogens with one attached hydrogen (secondary N) is 1. The lowest BCUT2D eigenvalue weighted by molar-refractivity contribution is 0.315. The summed E-state index contributed by atoms with van der Waals surface area (Å²) in [6.07, 6.45) is 3.23. The van der Waals surface area contributed by atoms with E-state index < -0.39 is 21.9 Å². The summed E-state index contributed by atoms with van der Waals surface area (Å²) in [5.41, 5.74) is 1.27. The molecule has 0 fully saturated rings. The first-order valence-corrected chi connectivity index (χ1v) is 9.51. The Morgan fingerprint density at radius 1 is 1.29 bits per heavy atom. The standard InChI is InChI=1S/C17H19FN2O3S/c18-13-6-7-17-15(12-13)16(5-3-10-23-17)20-24(21,22)11-8-14-4-1-2-9-19-14/h1-2,4,6-7,9,12,16,20H,3,5,8,10-11H2. The summed E-state index contributed by atoms with van der Waals surface area (Å²) >= 11 is 0. The lowest BCUT2D eigenvalue weighted by Gasteiger charge is -2.18. The van der Waals surface area contributed by atoms with Gasteiger partial charge in [-0.05, 0) is 43.2 Å². The fraction of sp³-hybridized carbons (Fsp3) is 0.353. The molecular formula is C17H19FN2O3S. The van der Waals surface area contributed by atoms with Crippen molar-refractivity contribution in [1.82, 2.24) is 9.71 Å². The zero-order valence-corrected chi connectivity index (χ0v) is 13.9. The molecule has 1 aromatic heterocycles. The Morgan fingerprint density at radius 3 is 2.96 bits per heavy atom. The number of aromatic nitrogens is 1. The van der Waals surface area contributed by atoms with Crippen molar-refractivity contribution in [1.29, 1.82) is 0 Å². The SMILES string of the molecule is O=S(=O)(CCc1ccccn1)NC1CCCOc2ccc(F)cc21. The van der Waals surface area contributed by atoms with Gasteiger partial charge in [-0.15, -0.1) is 0 Å². The smallest absolute Gasteiger partial charge is 0.212 e. The Bertz CT molecular complexity index is 797. The van der Waals surface area contributed by atoms with Crippen molar-refractivity contribution in [2.45, 2.75) is 25.3 Å². The molecule has 3 rings (SSSR count). The van der Waals surface area contributed by atoms with Gasteiger partial charge in [0.1, 0.15) is 11.6 Å². The highest BCUT2D eigenvalue weighted by atomic mass is 32.2.